The van der Waals surface area contributed by atoms with Gasteiger partial charge in [-0.2, -0.15) is 0 Å². The summed E-state index contributed by atoms with van der Waals surface area (Å²) in [5, 5.41) is 14.2. The van der Waals surface area contributed by atoms with Gasteiger partial charge in [-0.15, -0.1) is 0 Å². The average molecular weight is 242 g/mol. The zero-order valence-electron chi connectivity index (χ0n) is 10.3. The molecule has 0 spiro atoms. The van der Waals surface area contributed by atoms with Crippen molar-refractivity contribution >= 4 is 11.6 Å². The zero-order chi connectivity index (χ0) is 12.3. The summed E-state index contributed by atoms with van der Waals surface area (Å²) in [6.45, 7) is 8.20. The Hall–Kier alpha value is -0.570. The van der Waals surface area contributed by atoms with Gasteiger partial charge in [0.2, 0.25) is 0 Å². The van der Waals surface area contributed by atoms with Gasteiger partial charge >= 0.3 is 0 Å². The van der Waals surface area contributed by atoms with Crippen LogP contribution in [0.2, 0.25) is 5.02 Å². The Labute approximate surface area is 103 Å². The third kappa shape index (κ3) is 4.12. The highest BCUT2D eigenvalue weighted by Gasteiger charge is 2.21. The van der Waals surface area contributed by atoms with Crippen LogP contribution >= 0.6 is 11.6 Å². The van der Waals surface area contributed by atoms with Gasteiger partial charge in [-0.3, -0.25) is 0 Å². The molecule has 2 N–H and O–H groups in total. The minimum atomic E-state index is -0.544. The SMILES string of the molecule is C[C@H](NC(C)(C)C)[C@@H](O)c1cccc(Cl)c1. The van der Waals surface area contributed by atoms with E-state index in [1.54, 1.807) is 12.1 Å². The standard InChI is InChI=1S/C13H20ClNO/c1-9(15-13(2,3)4)12(16)10-6-5-7-11(14)8-10/h5-9,12,15-16H,1-4H3/t9-,12+/m0/s1. The third-order valence-corrected chi connectivity index (χ3v) is 2.56. The molecule has 1 rings (SSSR count). The molecule has 1 aromatic rings. The first-order valence-corrected chi connectivity index (χ1v) is 5.88. The monoisotopic (exact) mass is 241 g/mol. The highest BCUT2D eigenvalue weighted by atomic mass is 35.5. The Morgan fingerprint density at radius 1 is 1.31 bits per heavy atom. The first-order chi connectivity index (χ1) is 7.29. The van der Waals surface area contributed by atoms with Gasteiger partial charge in [0.05, 0.1) is 6.10 Å². The van der Waals surface area contributed by atoms with Crippen LogP contribution in [0.3, 0.4) is 0 Å². The molecule has 0 aliphatic heterocycles. The minimum absolute atomic E-state index is 0.0149. The molecule has 0 fully saturated rings. The van der Waals surface area contributed by atoms with E-state index in [-0.39, 0.29) is 11.6 Å². The Balaban J connectivity index is 2.74. The predicted molar refractivity (Wildman–Crippen MR) is 68.8 cm³/mol. The Morgan fingerprint density at radius 2 is 1.94 bits per heavy atom. The molecule has 0 saturated heterocycles. The van der Waals surface area contributed by atoms with Crippen LogP contribution in [0.15, 0.2) is 24.3 Å². The van der Waals surface area contributed by atoms with Crippen LogP contribution in [0.4, 0.5) is 0 Å². The highest BCUT2D eigenvalue weighted by molar-refractivity contribution is 6.30. The van der Waals surface area contributed by atoms with Crippen LogP contribution in [-0.2, 0) is 0 Å². The molecule has 2 atom stereocenters. The maximum absolute atomic E-state index is 10.2. The Kier molecular flexibility index (Phi) is 4.36. The molecule has 3 heteroatoms. The number of rotatable bonds is 3. The second-order valence-corrected chi connectivity index (χ2v) is 5.62. The van der Waals surface area contributed by atoms with Gasteiger partial charge in [0.15, 0.2) is 0 Å². The number of benzene rings is 1. The second kappa shape index (κ2) is 5.17. The van der Waals surface area contributed by atoms with E-state index in [9.17, 15) is 5.11 Å². The summed E-state index contributed by atoms with van der Waals surface area (Å²) < 4.78 is 0. The number of aliphatic hydroxyl groups excluding tert-OH is 1. The summed E-state index contributed by atoms with van der Waals surface area (Å²) in [5.74, 6) is 0. The van der Waals surface area contributed by atoms with Gasteiger partial charge in [0.1, 0.15) is 0 Å². The molecule has 0 aliphatic carbocycles. The van der Waals surface area contributed by atoms with E-state index < -0.39 is 6.10 Å². The van der Waals surface area contributed by atoms with Crippen LogP contribution in [0.5, 0.6) is 0 Å². The third-order valence-electron chi connectivity index (χ3n) is 2.32. The summed E-state index contributed by atoms with van der Waals surface area (Å²) in [5.41, 5.74) is 0.829. The van der Waals surface area contributed by atoms with Gasteiger partial charge in [-0.1, -0.05) is 23.7 Å². The van der Waals surface area contributed by atoms with Crippen molar-refractivity contribution in [3.8, 4) is 0 Å². The van der Waals surface area contributed by atoms with Crippen LogP contribution in [0, 0.1) is 0 Å². The van der Waals surface area contributed by atoms with Crippen LogP contribution in [0.25, 0.3) is 0 Å². The van der Waals surface area contributed by atoms with Crippen molar-refractivity contribution in [2.24, 2.45) is 0 Å². The van der Waals surface area contributed by atoms with Gasteiger partial charge < -0.3 is 10.4 Å². The molecule has 90 valence electrons. The van der Waals surface area contributed by atoms with Crippen LogP contribution < -0.4 is 5.32 Å². The Bertz CT molecular complexity index is 346. The largest absolute Gasteiger partial charge is 0.387 e. The lowest BCUT2D eigenvalue weighted by Crippen LogP contribution is -2.44. The lowest BCUT2D eigenvalue weighted by molar-refractivity contribution is 0.121. The van der Waals surface area contributed by atoms with E-state index in [0.717, 1.165) is 5.56 Å². The fourth-order valence-electron chi connectivity index (χ4n) is 1.74. The second-order valence-electron chi connectivity index (χ2n) is 5.18. The number of hydrogen-bond donors (Lipinski definition) is 2. The minimum Gasteiger partial charge on any atom is -0.387 e. The zero-order valence-corrected chi connectivity index (χ0v) is 11.0. The molecule has 0 heterocycles. The predicted octanol–water partition coefficient (Wildman–Crippen LogP) is 3.15. The fraction of sp³-hybridized carbons (Fsp3) is 0.538. The van der Waals surface area contributed by atoms with Crippen LogP contribution in [0.1, 0.15) is 39.4 Å². The molecule has 0 saturated carbocycles. The molecule has 1 aromatic carbocycles. The van der Waals surface area contributed by atoms with Crippen molar-refractivity contribution in [3.05, 3.63) is 34.9 Å². The van der Waals surface area contributed by atoms with Crippen LogP contribution in [-0.4, -0.2) is 16.7 Å². The molecule has 0 aliphatic rings. The maximum Gasteiger partial charge on any atom is 0.0940 e. The molecule has 2 nitrogen and oxygen atoms in total. The van der Waals surface area contributed by atoms with Crippen molar-refractivity contribution in [3.63, 3.8) is 0 Å². The highest BCUT2D eigenvalue weighted by Crippen LogP contribution is 2.21. The first-order valence-electron chi connectivity index (χ1n) is 5.51. The van der Waals surface area contributed by atoms with Gasteiger partial charge in [-0.05, 0) is 45.4 Å². The van der Waals surface area contributed by atoms with Crippen molar-refractivity contribution in [2.75, 3.05) is 0 Å². The van der Waals surface area contributed by atoms with Gasteiger partial charge in [0, 0.05) is 16.6 Å². The van der Waals surface area contributed by atoms with E-state index >= 15 is 0 Å². The average Bonchev–Trinajstić information content (AvgIpc) is 2.14. The quantitative estimate of drug-likeness (QED) is 0.852. The van der Waals surface area contributed by atoms with E-state index in [2.05, 4.69) is 26.1 Å². The molecular formula is C13H20ClNO. The van der Waals surface area contributed by atoms with Crippen molar-refractivity contribution in [1.29, 1.82) is 0 Å². The molecule has 0 radical (unpaired) electrons. The summed E-state index contributed by atoms with van der Waals surface area (Å²) in [7, 11) is 0. The molecule has 0 unspecified atom stereocenters. The molecule has 0 aromatic heterocycles. The number of halogens is 1. The van der Waals surface area contributed by atoms with E-state index in [1.165, 1.54) is 0 Å². The smallest absolute Gasteiger partial charge is 0.0940 e. The fourth-order valence-corrected chi connectivity index (χ4v) is 1.94. The van der Waals surface area contributed by atoms with Gasteiger partial charge in [-0.25, -0.2) is 0 Å². The van der Waals surface area contributed by atoms with Crippen molar-refractivity contribution < 1.29 is 5.11 Å². The first kappa shape index (κ1) is 13.5. The molecule has 16 heavy (non-hydrogen) atoms. The Morgan fingerprint density at radius 3 is 2.44 bits per heavy atom. The molecule has 0 amide bonds. The molecular weight excluding hydrogens is 222 g/mol. The number of hydrogen-bond acceptors (Lipinski definition) is 2. The lowest BCUT2D eigenvalue weighted by Gasteiger charge is -2.29. The van der Waals surface area contributed by atoms with Gasteiger partial charge in [0.25, 0.3) is 0 Å². The topological polar surface area (TPSA) is 32.3 Å². The number of aliphatic hydroxyl groups is 1. The maximum atomic E-state index is 10.2. The van der Waals surface area contributed by atoms with E-state index in [1.807, 2.05) is 19.1 Å². The van der Waals surface area contributed by atoms with Crippen molar-refractivity contribution in [1.82, 2.24) is 5.32 Å². The summed E-state index contributed by atoms with van der Waals surface area (Å²) in [4.78, 5) is 0. The van der Waals surface area contributed by atoms with Crippen molar-refractivity contribution in [2.45, 2.75) is 45.4 Å². The summed E-state index contributed by atoms with van der Waals surface area (Å²) in [6, 6.07) is 7.33. The lowest BCUT2D eigenvalue weighted by atomic mass is 10.00. The summed E-state index contributed by atoms with van der Waals surface area (Å²) >= 11 is 5.90. The summed E-state index contributed by atoms with van der Waals surface area (Å²) in [6.07, 6.45) is -0.544. The molecule has 0 bridgehead atoms. The number of nitrogens with one attached hydrogen (secondary N) is 1. The van der Waals surface area contributed by atoms with E-state index in [4.69, 9.17) is 11.6 Å². The van der Waals surface area contributed by atoms with E-state index in [0.29, 0.717) is 5.02 Å². The normalized spacial score (nSPS) is 15.9.